The molecular formula is C20H12ClFN6OS. The lowest BCUT2D eigenvalue weighted by Crippen LogP contribution is -2.24. The average Bonchev–Trinajstić information content (AvgIpc) is 3.23. The van der Waals surface area contributed by atoms with E-state index in [1.165, 1.54) is 40.9 Å². The van der Waals surface area contributed by atoms with E-state index in [9.17, 15) is 9.18 Å². The van der Waals surface area contributed by atoms with Gasteiger partial charge in [0.1, 0.15) is 28.5 Å². The lowest BCUT2D eigenvalue weighted by atomic mass is 10.2. The summed E-state index contributed by atoms with van der Waals surface area (Å²) in [7, 11) is 0. The molecule has 1 N–H and O–H groups in total. The number of aromatic nitrogens is 6. The van der Waals surface area contributed by atoms with Gasteiger partial charge in [0, 0.05) is 0 Å². The van der Waals surface area contributed by atoms with Crippen LogP contribution in [0.4, 0.5) is 4.39 Å². The van der Waals surface area contributed by atoms with Crippen LogP contribution in [0.3, 0.4) is 0 Å². The smallest absolute Gasteiger partial charge is 0.266 e. The number of benzene rings is 2. The summed E-state index contributed by atoms with van der Waals surface area (Å²) in [6.45, 7) is 0. The van der Waals surface area contributed by atoms with Gasteiger partial charge in [-0.15, -0.1) is 0 Å². The summed E-state index contributed by atoms with van der Waals surface area (Å²) in [5, 5.41) is 1.25. The monoisotopic (exact) mass is 438 g/mol. The number of nitrogens with zero attached hydrogens (tertiary/aromatic N) is 5. The fourth-order valence-electron chi connectivity index (χ4n) is 3.17. The molecule has 5 rings (SSSR count). The summed E-state index contributed by atoms with van der Waals surface area (Å²) in [5.41, 5.74) is 1.76. The molecule has 0 bridgehead atoms. The molecule has 3 heterocycles. The van der Waals surface area contributed by atoms with E-state index in [0.717, 1.165) is 0 Å². The minimum Gasteiger partial charge on any atom is -0.341 e. The maximum atomic E-state index is 13.8. The van der Waals surface area contributed by atoms with Gasteiger partial charge in [-0.3, -0.25) is 9.36 Å². The second-order valence-corrected chi connectivity index (χ2v) is 7.72. The molecule has 10 heteroatoms. The molecule has 0 saturated heterocycles. The van der Waals surface area contributed by atoms with Crippen LogP contribution < -0.4 is 5.56 Å². The molecule has 0 fully saturated rings. The van der Waals surface area contributed by atoms with Gasteiger partial charge in [0.25, 0.3) is 5.56 Å². The maximum absolute atomic E-state index is 13.8. The Hall–Kier alpha value is -3.30. The topological polar surface area (TPSA) is 89.3 Å². The third-order valence-electron chi connectivity index (χ3n) is 4.52. The SMILES string of the molecule is O=c1c2cc(F)ccc2nc(CSc2ncnc3nc[nH]c23)n1-c1ccccc1Cl. The van der Waals surface area contributed by atoms with Gasteiger partial charge in [-0.05, 0) is 30.3 Å². The number of hydrogen-bond donors (Lipinski definition) is 1. The number of H-pyrrole nitrogens is 1. The van der Waals surface area contributed by atoms with Crippen molar-refractivity contribution in [2.24, 2.45) is 0 Å². The van der Waals surface area contributed by atoms with Gasteiger partial charge < -0.3 is 4.98 Å². The van der Waals surface area contributed by atoms with E-state index in [0.29, 0.717) is 44.0 Å². The zero-order chi connectivity index (χ0) is 20.7. The van der Waals surface area contributed by atoms with Crippen LogP contribution in [0.25, 0.3) is 27.8 Å². The van der Waals surface area contributed by atoms with E-state index in [1.807, 2.05) is 0 Å². The highest BCUT2D eigenvalue weighted by Crippen LogP contribution is 2.27. The second-order valence-electron chi connectivity index (χ2n) is 6.35. The molecule has 0 aliphatic rings. The Labute approximate surface area is 178 Å². The minimum atomic E-state index is -0.503. The van der Waals surface area contributed by atoms with E-state index >= 15 is 0 Å². The molecule has 0 aliphatic carbocycles. The Morgan fingerprint density at radius 3 is 2.87 bits per heavy atom. The van der Waals surface area contributed by atoms with Crippen molar-refractivity contribution in [1.82, 2.24) is 29.5 Å². The predicted molar refractivity (Wildman–Crippen MR) is 114 cm³/mol. The number of aromatic amines is 1. The molecule has 3 aromatic heterocycles. The number of imidazole rings is 1. The molecule has 5 aromatic rings. The first-order chi connectivity index (χ1) is 14.6. The van der Waals surface area contributed by atoms with E-state index in [1.54, 1.807) is 30.6 Å². The minimum absolute atomic E-state index is 0.182. The Kier molecular flexibility index (Phi) is 4.68. The molecule has 0 saturated carbocycles. The first kappa shape index (κ1) is 18.7. The van der Waals surface area contributed by atoms with Crippen molar-refractivity contribution in [1.29, 1.82) is 0 Å². The van der Waals surface area contributed by atoms with Crippen LogP contribution in [-0.2, 0) is 5.75 Å². The summed E-state index contributed by atoms with van der Waals surface area (Å²) in [5.74, 6) is 0.277. The highest BCUT2D eigenvalue weighted by molar-refractivity contribution is 7.98. The fourth-order valence-corrected chi connectivity index (χ4v) is 4.26. The molecule has 0 amide bonds. The van der Waals surface area contributed by atoms with Gasteiger partial charge in [0.15, 0.2) is 5.65 Å². The molecule has 30 heavy (non-hydrogen) atoms. The quantitative estimate of drug-likeness (QED) is 0.335. The molecular weight excluding hydrogens is 427 g/mol. The van der Waals surface area contributed by atoms with Crippen molar-refractivity contribution in [2.45, 2.75) is 10.8 Å². The Balaban J connectivity index is 1.67. The number of halogens is 2. The van der Waals surface area contributed by atoms with Crippen molar-refractivity contribution in [3.8, 4) is 5.69 Å². The highest BCUT2D eigenvalue weighted by Gasteiger charge is 2.17. The molecule has 148 valence electrons. The fraction of sp³-hybridized carbons (Fsp3) is 0.0500. The van der Waals surface area contributed by atoms with Crippen LogP contribution in [-0.4, -0.2) is 29.5 Å². The van der Waals surface area contributed by atoms with E-state index in [2.05, 4.69) is 24.9 Å². The first-order valence-corrected chi connectivity index (χ1v) is 10.2. The summed E-state index contributed by atoms with van der Waals surface area (Å²) in [6, 6.07) is 10.9. The summed E-state index contributed by atoms with van der Waals surface area (Å²) in [6.07, 6.45) is 2.98. The largest absolute Gasteiger partial charge is 0.341 e. The summed E-state index contributed by atoms with van der Waals surface area (Å²) in [4.78, 5) is 33.5. The normalized spacial score (nSPS) is 11.4. The van der Waals surface area contributed by atoms with Crippen molar-refractivity contribution in [3.63, 3.8) is 0 Å². The van der Waals surface area contributed by atoms with Crippen LogP contribution >= 0.6 is 23.4 Å². The molecule has 0 spiro atoms. The van der Waals surface area contributed by atoms with Crippen LogP contribution in [0.1, 0.15) is 5.82 Å². The lowest BCUT2D eigenvalue weighted by Gasteiger charge is -2.14. The predicted octanol–water partition coefficient (Wildman–Crippen LogP) is 4.14. The van der Waals surface area contributed by atoms with Crippen molar-refractivity contribution >= 4 is 45.4 Å². The Bertz CT molecular complexity index is 1470. The van der Waals surface area contributed by atoms with Crippen LogP contribution in [0, 0.1) is 5.82 Å². The molecule has 0 atom stereocenters. The Morgan fingerprint density at radius 1 is 1.13 bits per heavy atom. The van der Waals surface area contributed by atoms with Crippen LogP contribution in [0.2, 0.25) is 5.02 Å². The first-order valence-electron chi connectivity index (χ1n) is 8.85. The molecule has 2 aromatic carbocycles. The molecule has 0 radical (unpaired) electrons. The summed E-state index contributed by atoms with van der Waals surface area (Å²) >= 11 is 7.74. The Morgan fingerprint density at radius 2 is 2.00 bits per heavy atom. The van der Waals surface area contributed by atoms with Gasteiger partial charge in [-0.2, -0.15) is 0 Å². The number of nitrogens with one attached hydrogen (secondary N) is 1. The zero-order valence-electron chi connectivity index (χ0n) is 15.2. The standard InChI is InChI=1S/C20H12ClFN6OS/c21-13-3-1-2-4-15(13)28-16(27-14-6-5-11(22)7-12(14)20(28)29)8-30-19-17-18(24-9-23-17)25-10-26-19/h1-7,9-10H,8H2,(H,23,24,25,26). The molecule has 0 aliphatic heterocycles. The second kappa shape index (κ2) is 7.51. The van der Waals surface area contributed by atoms with Crippen molar-refractivity contribution < 1.29 is 4.39 Å². The third kappa shape index (κ3) is 3.21. The van der Waals surface area contributed by atoms with Gasteiger partial charge in [-0.1, -0.05) is 35.5 Å². The number of para-hydroxylation sites is 1. The van der Waals surface area contributed by atoms with Gasteiger partial charge >= 0.3 is 0 Å². The molecule has 7 nitrogen and oxygen atoms in total. The highest BCUT2D eigenvalue weighted by atomic mass is 35.5. The van der Waals surface area contributed by atoms with Gasteiger partial charge in [0.2, 0.25) is 0 Å². The van der Waals surface area contributed by atoms with Gasteiger partial charge in [-0.25, -0.2) is 24.3 Å². The van der Waals surface area contributed by atoms with Crippen molar-refractivity contribution in [3.05, 3.63) is 82.1 Å². The summed E-state index contributed by atoms with van der Waals surface area (Å²) < 4.78 is 15.2. The third-order valence-corrected chi connectivity index (χ3v) is 5.82. The lowest BCUT2D eigenvalue weighted by molar-refractivity contribution is 0.629. The number of fused-ring (bicyclic) bond motifs is 2. The van der Waals surface area contributed by atoms with E-state index < -0.39 is 11.4 Å². The van der Waals surface area contributed by atoms with Crippen LogP contribution in [0.5, 0.6) is 0 Å². The molecule has 0 unspecified atom stereocenters. The number of rotatable bonds is 4. The van der Waals surface area contributed by atoms with Crippen molar-refractivity contribution in [2.75, 3.05) is 0 Å². The van der Waals surface area contributed by atoms with Crippen LogP contribution in [0.15, 0.2) is 64.9 Å². The number of hydrogen-bond acceptors (Lipinski definition) is 6. The maximum Gasteiger partial charge on any atom is 0.266 e. The average molecular weight is 439 g/mol. The zero-order valence-corrected chi connectivity index (χ0v) is 16.8. The number of thioether (sulfide) groups is 1. The van der Waals surface area contributed by atoms with E-state index in [4.69, 9.17) is 11.6 Å². The van der Waals surface area contributed by atoms with Gasteiger partial charge in [0.05, 0.1) is 33.7 Å². The van der Waals surface area contributed by atoms with E-state index in [-0.39, 0.29) is 5.39 Å².